The molecule has 2 aromatic heterocycles. The number of fused-ring (bicyclic) bond motifs is 7. The fourth-order valence-electron chi connectivity index (χ4n) is 10.4. The highest BCUT2D eigenvalue weighted by molar-refractivity contribution is 6.10. The van der Waals surface area contributed by atoms with Gasteiger partial charge in [0, 0.05) is 32.9 Å². The van der Waals surface area contributed by atoms with Crippen molar-refractivity contribution >= 4 is 54.4 Å². The van der Waals surface area contributed by atoms with Crippen LogP contribution in [-0.4, -0.2) is 9.13 Å². The van der Waals surface area contributed by atoms with Crippen LogP contribution in [0.4, 0.5) is 0 Å². The van der Waals surface area contributed by atoms with Crippen molar-refractivity contribution < 1.29 is 0 Å². The SMILES string of the molecule is c1ccc(-c2cccc(-c3cc(-c4cccc(-c5cccc(-n6c7ccccc7c7ccccc76)c5)c4)cc4ccc(-c5cccc(-n6c7ccccc7c7ccccc76)c5)cc34)c2)cc1. The number of nitrogens with zero attached hydrogens (tertiary/aromatic N) is 2. The van der Waals surface area contributed by atoms with Crippen molar-refractivity contribution in [2.75, 3.05) is 0 Å². The summed E-state index contributed by atoms with van der Waals surface area (Å²) in [6.07, 6.45) is 0. The lowest BCUT2D eigenvalue weighted by Gasteiger charge is -2.15. The molecule has 0 aliphatic carbocycles. The maximum atomic E-state index is 2.40. The summed E-state index contributed by atoms with van der Waals surface area (Å²) < 4.78 is 4.79. The van der Waals surface area contributed by atoms with Crippen molar-refractivity contribution in [1.29, 1.82) is 0 Å². The molecule has 0 aliphatic heterocycles. The predicted molar refractivity (Wildman–Crippen MR) is 280 cm³/mol. The van der Waals surface area contributed by atoms with Gasteiger partial charge in [0.1, 0.15) is 0 Å². The summed E-state index contributed by atoms with van der Waals surface area (Å²) in [6.45, 7) is 0. The average molecular weight is 839 g/mol. The largest absolute Gasteiger partial charge is 0.309 e. The van der Waals surface area contributed by atoms with Crippen LogP contribution in [0.5, 0.6) is 0 Å². The second kappa shape index (κ2) is 15.5. The number of benzene rings is 11. The molecule has 13 rings (SSSR count). The van der Waals surface area contributed by atoms with Crippen molar-refractivity contribution in [3.8, 4) is 67.0 Å². The second-order valence-corrected chi connectivity index (χ2v) is 17.3. The van der Waals surface area contributed by atoms with E-state index in [9.17, 15) is 0 Å². The zero-order valence-corrected chi connectivity index (χ0v) is 36.1. The fraction of sp³-hybridized carbons (Fsp3) is 0. The molecule has 0 atom stereocenters. The van der Waals surface area contributed by atoms with Gasteiger partial charge in [-0.05, 0) is 145 Å². The van der Waals surface area contributed by atoms with E-state index in [1.165, 1.54) is 110 Å². The number of hydrogen-bond donors (Lipinski definition) is 0. The summed E-state index contributed by atoms with van der Waals surface area (Å²) in [7, 11) is 0. The Morgan fingerprint density at radius 1 is 0.197 bits per heavy atom. The number of hydrogen-bond acceptors (Lipinski definition) is 0. The Morgan fingerprint density at radius 2 is 0.576 bits per heavy atom. The van der Waals surface area contributed by atoms with Crippen LogP contribution < -0.4 is 0 Å². The van der Waals surface area contributed by atoms with Crippen LogP contribution in [0.1, 0.15) is 0 Å². The van der Waals surface area contributed by atoms with Gasteiger partial charge in [0.15, 0.2) is 0 Å². The highest BCUT2D eigenvalue weighted by Crippen LogP contribution is 2.40. The Hall–Kier alpha value is -8.72. The lowest BCUT2D eigenvalue weighted by Crippen LogP contribution is -1.94. The van der Waals surface area contributed by atoms with Crippen molar-refractivity contribution in [3.05, 3.63) is 255 Å². The first-order valence-corrected chi connectivity index (χ1v) is 22.7. The van der Waals surface area contributed by atoms with Gasteiger partial charge in [-0.2, -0.15) is 0 Å². The summed E-state index contributed by atoms with van der Waals surface area (Å²) >= 11 is 0. The molecule has 13 aromatic rings. The number of para-hydroxylation sites is 4. The molecule has 2 heteroatoms. The Bertz CT molecular complexity index is 3890. The van der Waals surface area contributed by atoms with Crippen molar-refractivity contribution in [1.82, 2.24) is 9.13 Å². The maximum absolute atomic E-state index is 2.40. The van der Waals surface area contributed by atoms with Gasteiger partial charge in [-0.3, -0.25) is 0 Å². The average Bonchev–Trinajstić information content (AvgIpc) is 3.92. The van der Waals surface area contributed by atoms with Gasteiger partial charge in [-0.1, -0.05) is 176 Å². The zero-order valence-electron chi connectivity index (χ0n) is 36.1. The summed E-state index contributed by atoms with van der Waals surface area (Å²) in [6, 6.07) is 93.3. The van der Waals surface area contributed by atoms with Gasteiger partial charge < -0.3 is 9.13 Å². The Kier molecular flexibility index (Phi) is 8.89. The van der Waals surface area contributed by atoms with Crippen LogP contribution >= 0.6 is 0 Å². The molecular formula is C64H42N2. The summed E-state index contributed by atoms with van der Waals surface area (Å²) in [5.41, 5.74) is 19.0. The summed E-state index contributed by atoms with van der Waals surface area (Å²) in [5.74, 6) is 0. The molecular weight excluding hydrogens is 797 g/mol. The van der Waals surface area contributed by atoms with Gasteiger partial charge >= 0.3 is 0 Å². The topological polar surface area (TPSA) is 9.86 Å². The van der Waals surface area contributed by atoms with Gasteiger partial charge in [0.05, 0.1) is 22.1 Å². The van der Waals surface area contributed by atoms with E-state index in [0.29, 0.717) is 0 Å². The first-order chi connectivity index (χ1) is 32.7. The number of rotatable bonds is 7. The highest BCUT2D eigenvalue weighted by atomic mass is 15.0. The molecule has 0 radical (unpaired) electrons. The van der Waals surface area contributed by atoms with E-state index in [0.717, 1.165) is 11.4 Å². The molecule has 66 heavy (non-hydrogen) atoms. The Labute approximate surface area is 383 Å². The number of aromatic nitrogens is 2. The first kappa shape index (κ1) is 37.8. The molecule has 11 aromatic carbocycles. The maximum Gasteiger partial charge on any atom is 0.0541 e. The van der Waals surface area contributed by atoms with Gasteiger partial charge in [0.2, 0.25) is 0 Å². The summed E-state index contributed by atoms with van der Waals surface area (Å²) in [5, 5.41) is 7.48. The van der Waals surface area contributed by atoms with Crippen LogP contribution in [0.2, 0.25) is 0 Å². The highest BCUT2D eigenvalue weighted by Gasteiger charge is 2.16. The van der Waals surface area contributed by atoms with E-state index in [1.807, 2.05) is 0 Å². The predicted octanol–water partition coefficient (Wildman–Crippen LogP) is 17.4. The molecule has 0 spiro atoms. The van der Waals surface area contributed by atoms with Gasteiger partial charge in [-0.15, -0.1) is 0 Å². The van der Waals surface area contributed by atoms with Gasteiger partial charge in [-0.25, -0.2) is 0 Å². The van der Waals surface area contributed by atoms with E-state index in [-0.39, 0.29) is 0 Å². The van der Waals surface area contributed by atoms with E-state index in [4.69, 9.17) is 0 Å². The quantitative estimate of drug-likeness (QED) is 0.151. The monoisotopic (exact) mass is 838 g/mol. The van der Waals surface area contributed by atoms with Crippen LogP contribution in [0, 0.1) is 0 Å². The molecule has 0 unspecified atom stereocenters. The molecule has 2 nitrogen and oxygen atoms in total. The zero-order chi connectivity index (χ0) is 43.6. The van der Waals surface area contributed by atoms with E-state index in [1.54, 1.807) is 0 Å². The first-order valence-electron chi connectivity index (χ1n) is 22.7. The minimum absolute atomic E-state index is 1.15. The minimum atomic E-state index is 1.15. The van der Waals surface area contributed by atoms with Gasteiger partial charge in [0.25, 0.3) is 0 Å². The Balaban J connectivity index is 0.942. The van der Waals surface area contributed by atoms with E-state index >= 15 is 0 Å². The van der Waals surface area contributed by atoms with Crippen LogP contribution in [-0.2, 0) is 0 Å². The third kappa shape index (κ3) is 6.34. The van der Waals surface area contributed by atoms with Crippen molar-refractivity contribution in [3.63, 3.8) is 0 Å². The molecule has 2 heterocycles. The molecule has 0 fully saturated rings. The normalized spacial score (nSPS) is 11.6. The third-order valence-electron chi connectivity index (χ3n) is 13.5. The molecule has 0 aliphatic rings. The smallest absolute Gasteiger partial charge is 0.0541 e. The van der Waals surface area contributed by atoms with E-state index < -0.39 is 0 Å². The lowest BCUT2D eigenvalue weighted by molar-refractivity contribution is 1.18. The molecule has 0 bridgehead atoms. The molecule has 0 N–H and O–H groups in total. The summed E-state index contributed by atoms with van der Waals surface area (Å²) in [4.78, 5) is 0. The van der Waals surface area contributed by atoms with Crippen LogP contribution in [0.15, 0.2) is 255 Å². The third-order valence-corrected chi connectivity index (χ3v) is 13.5. The molecule has 0 amide bonds. The Morgan fingerprint density at radius 3 is 1.11 bits per heavy atom. The minimum Gasteiger partial charge on any atom is -0.309 e. The second-order valence-electron chi connectivity index (χ2n) is 17.3. The fourth-order valence-corrected chi connectivity index (χ4v) is 10.4. The van der Waals surface area contributed by atoms with Crippen molar-refractivity contribution in [2.24, 2.45) is 0 Å². The standard InChI is InChI=1S/C64H42N2/c1-2-16-43(17-3-1)44-18-13-23-50(37-44)60-42-52(46-20-12-19-45(36-46)47-21-14-24-53(39-47)65-61-30-8-4-26-55(61)56-27-5-9-31-62(56)65)38-51-35-34-49(41-59(51)60)48-22-15-25-54(40-48)66-63-32-10-6-28-57(63)58-29-7-11-33-64(58)66/h1-42H. The molecule has 308 valence electrons. The van der Waals surface area contributed by atoms with Crippen LogP contribution in [0.25, 0.3) is 121 Å². The molecule has 0 saturated carbocycles. The van der Waals surface area contributed by atoms with Crippen LogP contribution in [0.3, 0.4) is 0 Å². The molecule has 0 saturated heterocycles. The van der Waals surface area contributed by atoms with E-state index in [2.05, 4.69) is 264 Å². The lowest BCUT2D eigenvalue weighted by atomic mass is 9.89. The van der Waals surface area contributed by atoms with Crippen molar-refractivity contribution in [2.45, 2.75) is 0 Å².